The topological polar surface area (TPSA) is 111 Å². The molecule has 2 rings (SSSR count). The smallest absolute Gasteiger partial charge is 0.416 e. The first-order valence-electron chi connectivity index (χ1n) is 7.31. The number of nitrogens with one attached hydrogen (secondary N) is 2. The summed E-state index contributed by atoms with van der Waals surface area (Å²) >= 11 is 0. The van der Waals surface area contributed by atoms with Crippen molar-refractivity contribution in [3.63, 3.8) is 0 Å². The van der Waals surface area contributed by atoms with Gasteiger partial charge in [0.2, 0.25) is 0 Å². The highest BCUT2D eigenvalue weighted by molar-refractivity contribution is 5.95. The second kappa shape index (κ2) is 8.17. The Morgan fingerprint density at radius 3 is 2.26 bits per heavy atom. The Labute approximate surface area is 150 Å². The predicted molar refractivity (Wildman–Crippen MR) is 85.6 cm³/mol. The lowest BCUT2D eigenvalue weighted by Crippen LogP contribution is -2.43. The molecule has 0 aromatic heterocycles. The van der Waals surface area contributed by atoms with Gasteiger partial charge in [-0.25, -0.2) is 0 Å². The van der Waals surface area contributed by atoms with Crippen molar-refractivity contribution >= 4 is 17.5 Å². The molecule has 2 aromatic carbocycles. The number of nitro benzene ring substituents is 1. The van der Waals surface area contributed by atoms with E-state index in [-0.39, 0.29) is 17.0 Å². The maximum atomic E-state index is 12.5. The van der Waals surface area contributed by atoms with E-state index in [0.717, 1.165) is 24.3 Å². The Morgan fingerprint density at radius 1 is 1.04 bits per heavy atom. The van der Waals surface area contributed by atoms with E-state index in [4.69, 9.17) is 4.74 Å². The summed E-state index contributed by atoms with van der Waals surface area (Å²) in [5.74, 6) is -1.80. The number of nitrogens with zero attached hydrogens (tertiary/aromatic N) is 1. The minimum absolute atomic E-state index is 0.108. The van der Waals surface area contributed by atoms with Gasteiger partial charge >= 0.3 is 11.9 Å². The van der Waals surface area contributed by atoms with Crippen molar-refractivity contribution in [1.29, 1.82) is 0 Å². The molecule has 0 saturated heterocycles. The van der Waals surface area contributed by atoms with E-state index in [1.807, 2.05) is 10.9 Å². The summed E-state index contributed by atoms with van der Waals surface area (Å²) in [6.45, 7) is -0.627. The van der Waals surface area contributed by atoms with Gasteiger partial charge in [-0.2, -0.15) is 13.2 Å². The van der Waals surface area contributed by atoms with Crippen LogP contribution in [0.1, 0.15) is 15.9 Å². The average Bonchev–Trinajstić information content (AvgIpc) is 2.64. The number of carbonyl (C=O) groups excluding carboxylic acids is 2. The molecule has 2 aromatic rings. The zero-order chi connectivity index (χ0) is 20.0. The lowest BCUT2D eigenvalue weighted by molar-refractivity contribution is -0.385. The number of amides is 2. The molecule has 0 unspecified atom stereocenters. The number of hydrogen-bond donors (Lipinski definition) is 2. The Kier molecular flexibility index (Phi) is 5.96. The molecule has 11 heteroatoms. The third-order valence-electron chi connectivity index (χ3n) is 3.21. The number of alkyl halides is 3. The van der Waals surface area contributed by atoms with Gasteiger partial charge in [0.15, 0.2) is 12.4 Å². The van der Waals surface area contributed by atoms with Crippen LogP contribution in [0, 0.1) is 10.1 Å². The second-order valence-electron chi connectivity index (χ2n) is 5.09. The molecular weight excluding hydrogens is 371 g/mol. The summed E-state index contributed by atoms with van der Waals surface area (Å²) in [6, 6.07) is 8.76. The molecule has 2 N–H and O–H groups in total. The zero-order valence-corrected chi connectivity index (χ0v) is 13.4. The highest BCUT2D eigenvalue weighted by Crippen LogP contribution is 2.29. The van der Waals surface area contributed by atoms with Gasteiger partial charge in [-0.1, -0.05) is 12.1 Å². The monoisotopic (exact) mass is 383 g/mol. The van der Waals surface area contributed by atoms with Crippen LogP contribution in [0.5, 0.6) is 5.75 Å². The van der Waals surface area contributed by atoms with Crippen molar-refractivity contribution in [2.75, 3.05) is 6.61 Å². The zero-order valence-electron chi connectivity index (χ0n) is 13.4. The summed E-state index contributed by atoms with van der Waals surface area (Å²) in [5.41, 5.74) is 2.63. The molecular formula is C16H12F3N3O5. The lowest BCUT2D eigenvalue weighted by atomic mass is 10.1. The SMILES string of the molecule is O=C(COc1ccccc1[N+](=O)[O-])NNC(=O)c1ccc(C(F)(F)F)cc1. The number of rotatable bonds is 5. The van der Waals surface area contributed by atoms with Crippen LogP contribution >= 0.6 is 0 Å². The summed E-state index contributed by atoms with van der Waals surface area (Å²) < 4.78 is 42.4. The van der Waals surface area contributed by atoms with E-state index in [2.05, 4.69) is 0 Å². The highest BCUT2D eigenvalue weighted by atomic mass is 19.4. The second-order valence-corrected chi connectivity index (χ2v) is 5.09. The molecule has 0 fully saturated rings. The van der Waals surface area contributed by atoms with E-state index in [9.17, 15) is 32.9 Å². The summed E-state index contributed by atoms with van der Waals surface area (Å²) in [5, 5.41) is 10.8. The first-order chi connectivity index (χ1) is 12.7. The minimum Gasteiger partial charge on any atom is -0.477 e. The fourth-order valence-corrected chi connectivity index (χ4v) is 1.92. The maximum absolute atomic E-state index is 12.5. The summed E-state index contributed by atoms with van der Waals surface area (Å²) in [4.78, 5) is 33.6. The standard InChI is InChI=1S/C16H12F3N3O5/c17-16(18,19)11-7-5-10(6-8-11)15(24)21-20-14(23)9-27-13-4-2-1-3-12(13)22(25)26/h1-8H,9H2,(H,20,23)(H,21,24). The normalized spacial score (nSPS) is 10.8. The van der Waals surface area contributed by atoms with Gasteiger partial charge in [0.25, 0.3) is 11.8 Å². The Bertz CT molecular complexity index is 853. The van der Waals surface area contributed by atoms with Crippen LogP contribution in [0.15, 0.2) is 48.5 Å². The molecule has 0 heterocycles. The summed E-state index contributed by atoms with van der Waals surface area (Å²) in [6.07, 6.45) is -4.53. The van der Waals surface area contributed by atoms with Crippen molar-refractivity contribution in [3.05, 3.63) is 69.8 Å². The number of ether oxygens (including phenoxy) is 1. The molecule has 0 aliphatic rings. The molecule has 0 radical (unpaired) electrons. The fraction of sp³-hybridized carbons (Fsp3) is 0.125. The quantitative estimate of drug-likeness (QED) is 0.609. The Balaban J connectivity index is 1.87. The number of hydrazine groups is 1. The largest absolute Gasteiger partial charge is 0.477 e. The van der Waals surface area contributed by atoms with Gasteiger partial charge in [-0.15, -0.1) is 0 Å². The van der Waals surface area contributed by atoms with E-state index < -0.39 is 35.1 Å². The van der Waals surface area contributed by atoms with Gasteiger partial charge in [0.05, 0.1) is 10.5 Å². The number of benzene rings is 2. The van der Waals surface area contributed by atoms with Gasteiger partial charge in [-0.05, 0) is 30.3 Å². The molecule has 0 aliphatic carbocycles. The number of hydrogen-bond acceptors (Lipinski definition) is 5. The molecule has 2 amide bonds. The first-order valence-corrected chi connectivity index (χ1v) is 7.31. The lowest BCUT2D eigenvalue weighted by Gasteiger charge is -2.10. The van der Waals surface area contributed by atoms with Crippen LogP contribution in [0.25, 0.3) is 0 Å². The number of halogens is 3. The van der Waals surface area contributed by atoms with Crippen molar-refractivity contribution in [1.82, 2.24) is 10.9 Å². The molecule has 0 saturated carbocycles. The van der Waals surface area contributed by atoms with Crippen molar-refractivity contribution in [2.45, 2.75) is 6.18 Å². The average molecular weight is 383 g/mol. The summed E-state index contributed by atoms with van der Waals surface area (Å²) in [7, 11) is 0. The fourth-order valence-electron chi connectivity index (χ4n) is 1.92. The van der Waals surface area contributed by atoms with Crippen molar-refractivity contribution < 1.29 is 32.4 Å². The first kappa shape index (κ1) is 19.7. The maximum Gasteiger partial charge on any atom is 0.416 e. The Morgan fingerprint density at radius 2 is 1.67 bits per heavy atom. The van der Waals surface area contributed by atoms with Gasteiger partial charge < -0.3 is 4.74 Å². The number of para-hydroxylation sites is 2. The van der Waals surface area contributed by atoms with Crippen LogP contribution in [-0.4, -0.2) is 23.3 Å². The third-order valence-corrected chi connectivity index (χ3v) is 3.21. The molecule has 0 aliphatic heterocycles. The third kappa shape index (κ3) is 5.42. The van der Waals surface area contributed by atoms with Crippen LogP contribution in [-0.2, 0) is 11.0 Å². The van der Waals surface area contributed by atoms with E-state index >= 15 is 0 Å². The molecule has 27 heavy (non-hydrogen) atoms. The molecule has 0 spiro atoms. The van der Waals surface area contributed by atoms with Gasteiger partial charge in [0, 0.05) is 11.6 Å². The number of nitro groups is 1. The van der Waals surface area contributed by atoms with E-state index in [1.54, 1.807) is 0 Å². The highest BCUT2D eigenvalue weighted by Gasteiger charge is 2.30. The van der Waals surface area contributed by atoms with E-state index in [1.165, 1.54) is 24.3 Å². The molecule has 8 nitrogen and oxygen atoms in total. The van der Waals surface area contributed by atoms with Crippen LogP contribution in [0.4, 0.5) is 18.9 Å². The van der Waals surface area contributed by atoms with Crippen molar-refractivity contribution in [2.24, 2.45) is 0 Å². The van der Waals surface area contributed by atoms with Gasteiger partial charge in [-0.3, -0.25) is 30.6 Å². The Hall–Kier alpha value is -3.63. The minimum atomic E-state index is -4.53. The van der Waals surface area contributed by atoms with E-state index in [0.29, 0.717) is 0 Å². The molecule has 0 atom stereocenters. The van der Waals surface area contributed by atoms with Crippen molar-refractivity contribution in [3.8, 4) is 5.75 Å². The van der Waals surface area contributed by atoms with Crippen LogP contribution in [0.3, 0.4) is 0 Å². The van der Waals surface area contributed by atoms with Gasteiger partial charge in [0.1, 0.15) is 0 Å². The molecule has 0 bridgehead atoms. The molecule has 142 valence electrons. The number of carbonyl (C=O) groups is 2. The predicted octanol–water partition coefficient (Wildman–Crippen LogP) is 2.45. The van der Waals surface area contributed by atoms with Crippen LogP contribution < -0.4 is 15.6 Å². The van der Waals surface area contributed by atoms with Crippen LogP contribution in [0.2, 0.25) is 0 Å².